The third-order valence-electron chi connectivity index (χ3n) is 3.91. The molecule has 124 valence electrons. The van der Waals surface area contributed by atoms with Gasteiger partial charge in [-0.15, -0.1) is 35.3 Å². The van der Waals surface area contributed by atoms with E-state index >= 15 is 0 Å². The molecule has 6 heteroatoms. The van der Waals surface area contributed by atoms with Gasteiger partial charge in [0.1, 0.15) is 0 Å². The minimum absolute atomic E-state index is 0. The second-order valence-electron chi connectivity index (χ2n) is 5.65. The average Bonchev–Trinajstić information content (AvgIpc) is 2.97. The molecule has 0 aliphatic carbocycles. The van der Waals surface area contributed by atoms with Gasteiger partial charge in [-0.2, -0.15) is 0 Å². The smallest absolute Gasteiger partial charge is 0.193 e. The number of fused-ring (bicyclic) bond motifs is 1. The van der Waals surface area contributed by atoms with Crippen LogP contribution in [0.15, 0.2) is 40.7 Å². The predicted octanol–water partition coefficient (Wildman–Crippen LogP) is 3.46. The summed E-state index contributed by atoms with van der Waals surface area (Å²) in [5.41, 5.74) is 9.63. The molecule has 4 nitrogen and oxygen atoms in total. The topological polar surface area (TPSA) is 53.6 Å². The van der Waals surface area contributed by atoms with Crippen molar-refractivity contribution < 1.29 is 0 Å². The zero-order valence-electron chi connectivity index (χ0n) is 13.3. The molecule has 0 amide bonds. The number of halogens is 1. The highest BCUT2D eigenvalue weighted by molar-refractivity contribution is 14.0. The molecule has 2 heterocycles. The van der Waals surface area contributed by atoms with E-state index in [2.05, 4.69) is 45.7 Å². The maximum absolute atomic E-state index is 5.94. The average molecular weight is 442 g/mol. The summed E-state index contributed by atoms with van der Waals surface area (Å²) in [4.78, 5) is 8.41. The van der Waals surface area contributed by atoms with E-state index in [4.69, 9.17) is 5.73 Å². The number of aryl methyl sites for hydroxylation is 1. The highest BCUT2D eigenvalue weighted by atomic mass is 127. The Hall–Kier alpha value is -1.12. The Labute approximate surface area is 158 Å². The number of nitrogens with one attached hydrogen (secondary N) is 1. The van der Waals surface area contributed by atoms with Crippen LogP contribution in [0.25, 0.3) is 0 Å². The Morgan fingerprint density at radius 1 is 1.30 bits per heavy atom. The fourth-order valence-corrected chi connectivity index (χ4v) is 3.52. The molecule has 0 unspecified atom stereocenters. The predicted molar refractivity (Wildman–Crippen MR) is 110 cm³/mol. The van der Waals surface area contributed by atoms with Gasteiger partial charge in [0.2, 0.25) is 0 Å². The Bertz CT molecular complexity index is 651. The molecule has 3 N–H and O–H groups in total. The number of nitrogens with two attached hydrogens (primary N) is 1. The molecule has 0 radical (unpaired) electrons. The first-order valence-electron chi connectivity index (χ1n) is 7.62. The fraction of sp³-hybridized carbons (Fsp3) is 0.353. The van der Waals surface area contributed by atoms with E-state index in [-0.39, 0.29) is 24.0 Å². The van der Waals surface area contributed by atoms with E-state index in [1.807, 2.05) is 23.5 Å². The van der Waals surface area contributed by atoms with Crippen molar-refractivity contribution in [1.29, 1.82) is 0 Å². The molecular weight excluding hydrogens is 419 g/mol. The molecule has 1 aliphatic heterocycles. The van der Waals surface area contributed by atoms with Gasteiger partial charge in [-0.05, 0) is 42.5 Å². The summed E-state index contributed by atoms with van der Waals surface area (Å²) in [5.74, 6) is 0.483. The molecule has 1 aromatic heterocycles. The molecular formula is C17H23IN4S. The molecule has 23 heavy (non-hydrogen) atoms. The van der Waals surface area contributed by atoms with Crippen molar-refractivity contribution >= 4 is 47.0 Å². The van der Waals surface area contributed by atoms with Crippen molar-refractivity contribution in [3.8, 4) is 0 Å². The molecule has 0 atom stereocenters. The van der Waals surface area contributed by atoms with Gasteiger partial charge in [0, 0.05) is 30.2 Å². The van der Waals surface area contributed by atoms with E-state index in [0.29, 0.717) is 5.96 Å². The number of nitrogens with zero attached hydrogens (tertiary/aromatic N) is 2. The highest BCUT2D eigenvalue weighted by Gasteiger charge is 2.16. The first-order chi connectivity index (χ1) is 10.7. The van der Waals surface area contributed by atoms with Crippen LogP contribution >= 0.6 is 35.3 Å². The number of hydrogen-bond donors (Lipinski definition) is 2. The maximum atomic E-state index is 5.94. The first kappa shape index (κ1) is 18.2. The molecule has 0 fully saturated rings. The third kappa shape index (κ3) is 5.19. The summed E-state index contributed by atoms with van der Waals surface area (Å²) in [5, 5.41) is 5.32. The maximum Gasteiger partial charge on any atom is 0.193 e. The van der Waals surface area contributed by atoms with E-state index < -0.39 is 0 Å². The van der Waals surface area contributed by atoms with Gasteiger partial charge < -0.3 is 11.1 Å². The Morgan fingerprint density at radius 3 is 2.87 bits per heavy atom. The van der Waals surface area contributed by atoms with E-state index in [0.717, 1.165) is 38.3 Å². The number of guanidine groups is 1. The SMILES string of the molecule is Cc1ccc(NC(N)=NCCN2CCc3sccc3C2)cc1.I. The van der Waals surface area contributed by atoms with Gasteiger partial charge in [0.05, 0.1) is 6.54 Å². The fourth-order valence-electron chi connectivity index (χ4n) is 2.63. The summed E-state index contributed by atoms with van der Waals surface area (Å²) in [6.07, 6.45) is 1.16. The molecule has 0 saturated carbocycles. The summed E-state index contributed by atoms with van der Waals surface area (Å²) in [6.45, 7) is 5.91. The molecule has 0 spiro atoms. The number of thiophene rings is 1. The van der Waals surface area contributed by atoms with Crippen molar-refractivity contribution in [3.63, 3.8) is 0 Å². The number of benzene rings is 1. The lowest BCUT2D eigenvalue weighted by molar-refractivity contribution is 0.264. The largest absolute Gasteiger partial charge is 0.370 e. The summed E-state index contributed by atoms with van der Waals surface area (Å²) in [7, 11) is 0. The van der Waals surface area contributed by atoms with Gasteiger partial charge in [0.15, 0.2) is 5.96 Å². The summed E-state index contributed by atoms with van der Waals surface area (Å²) >= 11 is 1.87. The van der Waals surface area contributed by atoms with Gasteiger partial charge in [-0.3, -0.25) is 9.89 Å². The minimum Gasteiger partial charge on any atom is -0.370 e. The van der Waals surface area contributed by atoms with Gasteiger partial charge in [0.25, 0.3) is 0 Å². The molecule has 3 rings (SSSR count). The number of hydrogen-bond acceptors (Lipinski definition) is 3. The zero-order valence-corrected chi connectivity index (χ0v) is 16.4. The monoisotopic (exact) mass is 442 g/mol. The van der Waals surface area contributed by atoms with Crippen LogP contribution in [0.2, 0.25) is 0 Å². The molecule has 1 aromatic carbocycles. The van der Waals surface area contributed by atoms with Gasteiger partial charge >= 0.3 is 0 Å². The number of rotatable bonds is 4. The number of anilines is 1. The van der Waals surface area contributed by atoms with Crippen molar-refractivity contribution in [2.75, 3.05) is 25.0 Å². The van der Waals surface area contributed by atoms with Crippen LogP contribution < -0.4 is 11.1 Å². The standard InChI is InChI=1S/C17H22N4S.HI/c1-13-2-4-15(5-3-13)20-17(18)19-8-10-21-9-6-16-14(12-21)7-11-22-16;/h2-5,7,11H,6,8-10,12H2,1H3,(H3,18,19,20);1H. The van der Waals surface area contributed by atoms with Crippen LogP contribution in [-0.4, -0.2) is 30.5 Å². The Kier molecular flexibility index (Phi) is 6.86. The third-order valence-corrected chi connectivity index (χ3v) is 4.93. The van der Waals surface area contributed by atoms with Gasteiger partial charge in [-0.25, -0.2) is 0 Å². The van der Waals surface area contributed by atoms with Crippen LogP contribution in [-0.2, 0) is 13.0 Å². The van der Waals surface area contributed by atoms with Crippen molar-refractivity contribution in [2.45, 2.75) is 19.9 Å². The second-order valence-corrected chi connectivity index (χ2v) is 6.65. The van der Waals surface area contributed by atoms with Crippen LogP contribution in [0.3, 0.4) is 0 Å². The highest BCUT2D eigenvalue weighted by Crippen LogP contribution is 2.23. The van der Waals surface area contributed by atoms with E-state index in [1.54, 1.807) is 4.88 Å². The lowest BCUT2D eigenvalue weighted by Gasteiger charge is -2.26. The minimum atomic E-state index is 0. The molecule has 2 aromatic rings. The summed E-state index contributed by atoms with van der Waals surface area (Å²) in [6, 6.07) is 10.4. The Balaban J connectivity index is 0.00000192. The molecule has 0 bridgehead atoms. The van der Waals surface area contributed by atoms with Crippen molar-refractivity contribution in [3.05, 3.63) is 51.7 Å². The van der Waals surface area contributed by atoms with Crippen LogP contribution in [0.4, 0.5) is 5.69 Å². The molecule has 1 aliphatic rings. The van der Waals surface area contributed by atoms with Crippen LogP contribution in [0.5, 0.6) is 0 Å². The van der Waals surface area contributed by atoms with Crippen LogP contribution in [0.1, 0.15) is 16.0 Å². The number of aliphatic imine (C=N–C) groups is 1. The lowest BCUT2D eigenvalue weighted by Crippen LogP contribution is -2.32. The van der Waals surface area contributed by atoms with Gasteiger partial charge in [-0.1, -0.05) is 17.7 Å². The lowest BCUT2D eigenvalue weighted by atomic mass is 10.1. The van der Waals surface area contributed by atoms with Crippen molar-refractivity contribution in [2.24, 2.45) is 10.7 Å². The van der Waals surface area contributed by atoms with E-state index in [9.17, 15) is 0 Å². The van der Waals surface area contributed by atoms with E-state index in [1.165, 1.54) is 11.1 Å². The quantitative estimate of drug-likeness (QED) is 0.433. The normalized spacial score (nSPS) is 14.9. The van der Waals surface area contributed by atoms with Crippen LogP contribution in [0, 0.1) is 6.92 Å². The second kappa shape index (κ2) is 8.65. The first-order valence-corrected chi connectivity index (χ1v) is 8.50. The zero-order chi connectivity index (χ0) is 15.4. The van der Waals surface area contributed by atoms with Crippen molar-refractivity contribution in [1.82, 2.24) is 4.90 Å². The molecule has 0 saturated heterocycles. The Morgan fingerprint density at radius 2 is 2.09 bits per heavy atom. The summed E-state index contributed by atoms with van der Waals surface area (Å²) < 4.78 is 0.